The van der Waals surface area contributed by atoms with Crippen molar-refractivity contribution in [1.82, 2.24) is 5.32 Å². The fourth-order valence-electron chi connectivity index (χ4n) is 4.28. The number of carbonyl (C=O) groups excluding carboxylic acids is 1. The van der Waals surface area contributed by atoms with Gasteiger partial charge in [-0.05, 0) is 81.4 Å². The number of amides is 1. The number of hydrogen-bond acceptors (Lipinski definition) is 2. The Morgan fingerprint density at radius 1 is 1.32 bits per heavy atom. The summed E-state index contributed by atoms with van der Waals surface area (Å²) in [5.41, 5.74) is 4.19. The van der Waals surface area contributed by atoms with Gasteiger partial charge in [-0.25, -0.2) is 4.79 Å². The zero-order valence-electron chi connectivity index (χ0n) is 14.1. The molecule has 0 saturated heterocycles. The van der Waals surface area contributed by atoms with E-state index in [9.17, 15) is 4.79 Å². The molecule has 0 spiro atoms. The zero-order valence-corrected chi connectivity index (χ0v) is 14.1. The van der Waals surface area contributed by atoms with Crippen molar-refractivity contribution >= 4 is 6.09 Å². The number of alkyl carbamates (subject to hydrolysis) is 1. The highest BCUT2D eigenvalue weighted by atomic mass is 16.6. The molecule has 3 atom stereocenters. The van der Waals surface area contributed by atoms with E-state index in [1.54, 1.807) is 11.1 Å². The SMILES string of the molecule is Cc1cccc2c1[C@@H]1CC[C@H](CCNC(=O)OC(C)(C)C)[C@H]21. The Balaban J connectivity index is 1.52. The molecule has 0 bridgehead atoms. The zero-order chi connectivity index (χ0) is 15.9. The van der Waals surface area contributed by atoms with Crippen LogP contribution in [0.4, 0.5) is 4.79 Å². The first-order valence-electron chi connectivity index (χ1n) is 8.43. The molecule has 1 saturated carbocycles. The maximum atomic E-state index is 11.7. The molecule has 120 valence electrons. The summed E-state index contributed by atoms with van der Waals surface area (Å²) in [6.45, 7) is 8.61. The minimum atomic E-state index is -0.424. The average molecular weight is 301 g/mol. The van der Waals surface area contributed by atoms with Gasteiger partial charge in [-0.3, -0.25) is 0 Å². The molecule has 3 nitrogen and oxygen atoms in total. The topological polar surface area (TPSA) is 38.3 Å². The molecule has 0 heterocycles. The van der Waals surface area contributed by atoms with Gasteiger partial charge in [-0.2, -0.15) is 0 Å². The number of fused-ring (bicyclic) bond motifs is 4. The predicted octanol–water partition coefficient (Wildman–Crippen LogP) is 4.50. The van der Waals surface area contributed by atoms with Gasteiger partial charge in [0.15, 0.2) is 0 Å². The molecule has 0 aliphatic heterocycles. The van der Waals surface area contributed by atoms with E-state index < -0.39 is 5.60 Å². The van der Waals surface area contributed by atoms with Crippen LogP contribution in [0.25, 0.3) is 0 Å². The second-order valence-electron chi connectivity index (χ2n) is 7.76. The summed E-state index contributed by atoms with van der Waals surface area (Å²) in [6.07, 6.45) is 3.33. The van der Waals surface area contributed by atoms with Crippen LogP contribution in [-0.4, -0.2) is 18.2 Å². The number of ether oxygens (including phenoxy) is 1. The highest BCUT2D eigenvalue weighted by Gasteiger charge is 2.46. The second kappa shape index (κ2) is 5.60. The Bertz CT molecular complexity index is 573. The van der Waals surface area contributed by atoms with Crippen LogP contribution in [-0.2, 0) is 4.74 Å². The summed E-state index contributed by atoms with van der Waals surface area (Å²) in [4.78, 5) is 11.7. The van der Waals surface area contributed by atoms with Crippen LogP contribution in [0.3, 0.4) is 0 Å². The van der Waals surface area contributed by atoms with Crippen LogP contribution in [0, 0.1) is 12.8 Å². The van der Waals surface area contributed by atoms with Gasteiger partial charge in [0.2, 0.25) is 0 Å². The van der Waals surface area contributed by atoms with Crippen LogP contribution in [0.1, 0.15) is 68.6 Å². The molecule has 0 unspecified atom stereocenters. The number of nitrogens with one attached hydrogen (secondary N) is 1. The maximum Gasteiger partial charge on any atom is 0.407 e. The summed E-state index contributed by atoms with van der Waals surface area (Å²) in [7, 11) is 0. The largest absolute Gasteiger partial charge is 0.444 e. The molecule has 1 aromatic carbocycles. The monoisotopic (exact) mass is 301 g/mol. The lowest BCUT2D eigenvalue weighted by atomic mass is 9.65. The fourth-order valence-corrected chi connectivity index (χ4v) is 4.28. The van der Waals surface area contributed by atoms with E-state index in [0.29, 0.717) is 12.5 Å². The van der Waals surface area contributed by atoms with Crippen molar-refractivity contribution < 1.29 is 9.53 Å². The summed E-state index contributed by atoms with van der Waals surface area (Å²) in [6, 6.07) is 6.70. The van der Waals surface area contributed by atoms with E-state index >= 15 is 0 Å². The summed E-state index contributed by atoms with van der Waals surface area (Å²) >= 11 is 0. The molecule has 2 aliphatic carbocycles. The van der Waals surface area contributed by atoms with Gasteiger partial charge in [0.25, 0.3) is 0 Å². The Labute approximate surface area is 133 Å². The molecule has 2 aliphatic rings. The van der Waals surface area contributed by atoms with Gasteiger partial charge < -0.3 is 10.1 Å². The van der Waals surface area contributed by atoms with Gasteiger partial charge in [0.1, 0.15) is 5.60 Å². The van der Waals surface area contributed by atoms with Gasteiger partial charge in [0, 0.05) is 6.54 Å². The second-order valence-corrected chi connectivity index (χ2v) is 7.76. The van der Waals surface area contributed by atoms with Gasteiger partial charge in [0.05, 0.1) is 0 Å². The molecular formula is C19H27NO2. The van der Waals surface area contributed by atoms with Gasteiger partial charge in [-0.1, -0.05) is 18.2 Å². The third kappa shape index (κ3) is 2.86. The van der Waals surface area contributed by atoms with E-state index in [1.807, 2.05) is 20.8 Å². The average Bonchev–Trinajstić information content (AvgIpc) is 2.71. The molecule has 1 aromatic rings. The molecule has 3 heteroatoms. The van der Waals surface area contributed by atoms with Crippen LogP contribution >= 0.6 is 0 Å². The van der Waals surface area contributed by atoms with Crippen LogP contribution in [0.2, 0.25) is 0 Å². The van der Waals surface area contributed by atoms with Crippen LogP contribution in [0.15, 0.2) is 18.2 Å². The van der Waals surface area contributed by atoms with Crippen molar-refractivity contribution in [3.05, 3.63) is 34.9 Å². The third-order valence-electron chi connectivity index (χ3n) is 5.06. The number of rotatable bonds is 3. The third-order valence-corrected chi connectivity index (χ3v) is 5.06. The summed E-state index contributed by atoms with van der Waals surface area (Å²) in [5.74, 6) is 2.19. The van der Waals surface area contributed by atoms with Gasteiger partial charge in [-0.15, -0.1) is 0 Å². The number of aryl methyl sites for hydroxylation is 1. The fraction of sp³-hybridized carbons (Fsp3) is 0.632. The molecule has 1 fully saturated rings. The van der Waals surface area contributed by atoms with Crippen molar-refractivity contribution in [2.75, 3.05) is 6.54 Å². The van der Waals surface area contributed by atoms with Crippen molar-refractivity contribution in [3.8, 4) is 0 Å². The summed E-state index contributed by atoms with van der Waals surface area (Å²) in [5, 5.41) is 2.90. The Morgan fingerprint density at radius 2 is 2.09 bits per heavy atom. The first kappa shape index (κ1) is 15.4. The number of carbonyl (C=O) groups is 1. The lowest BCUT2D eigenvalue weighted by molar-refractivity contribution is 0.0524. The molecule has 0 aromatic heterocycles. The Hall–Kier alpha value is -1.51. The van der Waals surface area contributed by atoms with E-state index in [0.717, 1.165) is 18.3 Å². The highest BCUT2D eigenvalue weighted by Crippen LogP contribution is 2.60. The molecule has 3 rings (SSSR count). The van der Waals surface area contributed by atoms with E-state index in [-0.39, 0.29) is 6.09 Å². The predicted molar refractivity (Wildman–Crippen MR) is 88.2 cm³/mol. The highest BCUT2D eigenvalue weighted by molar-refractivity contribution is 5.67. The quantitative estimate of drug-likeness (QED) is 0.892. The van der Waals surface area contributed by atoms with E-state index in [1.165, 1.54) is 18.4 Å². The van der Waals surface area contributed by atoms with Crippen molar-refractivity contribution in [3.63, 3.8) is 0 Å². The van der Waals surface area contributed by atoms with Crippen LogP contribution < -0.4 is 5.32 Å². The first-order chi connectivity index (χ1) is 10.4. The summed E-state index contributed by atoms with van der Waals surface area (Å²) < 4.78 is 5.29. The van der Waals surface area contributed by atoms with Crippen LogP contribution in [0.5, 0.6) is 0 Å². The number of hydrogen-bond donors (Lipinski definition) is 1. The minimum Gasteiger partial charge on any atom is -0.444 e. The van der Waals surface area contributed by atoms with Crippen molar-refractivity contribution in [1.29, 1.82) is 0 Å². The van der Waals surface area contributed by atoms with Crippen molar-refractivity contribution in [2.24, 2.45) is 5.92 Å². The smallest absolute Gasteiger partial charge is 0.407 e. The minimum absolute atomic E-state index is 0.299. The van der Waals surface area contributed by atoms with E-state index in [2.05, 4.69) is 30.4 Å². The van der Waals surface area contributed by atoms with Gasteiger partial charge >= 0.3 is 6.09 Å². The normalized spacial score (nSPS) is 25.9. The molecular weight excluding hydrogens is 274 g/mol. The molecule has 0 radical (unpaired) electrons. The molecule has 22 heavy (non-hydrogen) atoms. The molecule has 1 N–H and O–H groups in total. The maximum absolute atomic E-state index is 11.7. The number of benzene rings is 1. The van der Waals surface area contributed by atoms with Crippen molar-refractivity contribution in [2.45, 2.75) is 64.4 Å². The standard InChI is InChI=1S/C19H27NO2/c1-12-6-5-7-14-16(12)15-9-8-13(17(14)15)10-11-20-18(21)22-19(2,3)4/h5-7,13,15,17H,8-11H2,1-4H3,(H,20,21)/t13-,15+,17-/m1/s1. The lowest BCUT2D eigenvalue weighted by Gasteiger charge is -2.39. The molecule has 1 amide bonds. The Morgan fingerprint density at radius 3 is 2.82 bits per heavy atom. The van der Waals surface area contributed by atoms with E-state index in [4.69, 9.17) is 4.74 Å². The Kier molecular flexibility index (Phi) is 3.92. The lowest BCUT2D eigenvalue weighted by Crippen LogP contribution is -2.34. The first-order valence-corrected chi connectivity index (χ1v) is 8.43.